The van der Waals surface area contributed by atoms with E-state index in [1.807, 2.05) is 10.9 Å². The first-order valence-corrected chi connectivity index (χ1v) is 7.74. The molecule has 0 amide bonds. The molecule has 0 saturated heterocycles. The van der Waals surface area contributed by atoms with Gasteiger partial charge in [0, 0.05) is 16.2 Å². The van der Waals surface area contributed by atoms with Crippen LogP contribution in [-0.2, 0) is 0 Å². The van der Waals surface area contributed by atoms with Gasteiger partial charge in [-0.05, 0) is 47.0 Å². The number of nitrogens with zero attached hydrogens (tertiary/aromatic N) is 2. The molecule has 1 fully saturated rings. The highest BCUT2D eigenvalue weighted by atomic mass is 79.9. The van der Waals surface area contributed by atoms with Gasteiger partial charge in [-0.25, -0.2) is 4.39 Å². The number of anilines is 1. The second-order valence-electron chi connectivity index (χ2n) is 5.33. The first-order chi connectivity index (χ1) is 9.65. The fourth-order valence-electron chi connectivity index (χ4n) is 2.83. The third-order valence-corrected chi connectivity index (χ3v) is 4.55. The van der Waals surface area contributed by atoms with Crippen molar-refractivity contribution in [2.24, 2.45) is 0 Å². The Morgan fingerprint density at radius 3 is 2.70 bits per heavy atom. The Morgan fingerprint density at radius 1 is 1.25 bits per heavy atom. The quantitative estimate of drug-likeness (QED) is 0.874. The zero-order valence-electron chi connectivity index (χ0n) is 11.1. The van der Waals surface area contributed by atoms with E-state index in [1.165, 1.54) is 31.4 Å². The van der Waals surface area contributed by atoms with Gasteiger partial charge >= 0.3 is 0 Å². The molecule has 0 atom stereocenters. The summed E-state index contributed by atoms with van der Waals surface area (Å²) in [6.07, 6.45) is 8.03. The highest BCUT2D eigenvalue weighted by molar-refractivity contribution is 9.10. The van der Waals surface area contributed by atoms with Crippen molar-refractivity contribution >= 4 is 21.6 Å². The molecule has 1 aliphatic carbocycles. The van der Waals surface area contributed by atoms with Crippen LogP contribution >= 0.6 is 15.9 Å². The summed E-state index contributed by atoms with van der Waals surface area (Å²) in [7, 11) is 0. The average molecular weight is 338 g/mol. The van der Waals surface area contributed by atoms with Crippen LogP contribution in [-0.4, -0.2) is 9.78 Å². The van der Waals surface area contributed by atoms with E-state index in [2.05, 4.69) is 21.0 Å². The standard InChI is InChI=1S/C15H17BrFN3/c16-13-8-10(17)6-7-12(13)15-14(18)9-20(19-15)11-4-2-1-3-5-11/h6-9,11H,1-5,18H2. The van der Waals surface area contributed by atoms with Gasteiger partial charge in [0.15, 0.2) is 0 Å². The first-order valence-electron chi connectivity index (χ1n) is 6.95. The number of hydrogen-bond donors (Lipinski definition) is 1. The fourth-order valence-corrected chi connectivity index (χ4v) is 3.37. The number of rotatable bonds is 2. The van der Waals surface area contributed by atoms with E-state index in [9.17, 15) is 4.39 Å². The lowest BCUT2D eigenvalue weighted by Crippen LogP contribution is -2.13. The maximum atomic E-state index is 13.2. The predicted octanol–water partition coefficient (Wildman–Crippen LogP) is 4.54. The summed E-state index contributed by atoms with van der Waals surface area (Å²) in [5.74, 6) is -0.272. The summed E-state index contributed by atoms with van der Waals surface area (Å²) >= 11 is 3.38. The van der Waals surface area contributed by atoms with Gasteiger partial charge in [0.2, 0.25) is 0 Å². The number of aromatic nitrogens is 2. The monoisotopic (exact) mass is 337 g/mol. The van der Waals surface area contributed by atoms with Gasteiger partial charge < -0.3 is 5.73 Å². The van der Waals surface area contributed by atoms with Crippen LogP contribution in [0.3, 0.4) is 0 Å². The SMILES string of the molecule is Nc1cn(C2CCCCC2)nc1-c1ccc(F)cc1Br. The summed E-state index contributed by atoms with van der Waals surface area (Å²) in [5.41, 5.74) is 8.29. The van der Waals surface area contributed by atoms with Crippen LogP contribution in [0, 0.1) is 5.82 Å². The van der Waals surface area contributed by atoms with Crippen LogP contribution in [0.4, 0.5) is 10.1 Å². The van der Waals surface area contributed by atoms with E-state index in [-0.39, 0.29) is 5.82 Å². The minimum atomic E-state index is -0.272. The lowest BCUT2D eigenvalue weighted by Gasteiger charge is -2.21. The molecule has 0 radical (unpaired) electrons. The molecular formula is C15H17BrFN3. The van der Waals surface area contributed by atoms with E-state index < -0.39 is 0 Å². The molecule has 5 heteroatoms. The molecule has 2 N–H and O–H groups in total. The Kier molecular flexibility index (Phi) is 3.78. The van der Waals surface area contributed by atoms with E-state index in [0.717, 1.165) is 24.1 Å². The van der Waals surface area contributed by atoms with Crippen molar-refractivity contribution < 1.29 is 4.39 Å². The van der Waals surface area contributed by atoms with E-state index in [4.69, 9.17) is 5.73 Å². The number of hydrogen-bond acceptors (Lipinski definition) is 2. The topological polar surface area (TPSA) is 43.8 Å². The zero-order valence-corrected chi connectivity index (χ0v) is 12.7. The third-order valence-electron chi connectivity index (χ3n) is 3.90. The smallest absolute Gasteiger partial charge is 0.124 e. The normalized spacial score (nSPS) is 16.5. The maximum absolute atomic E-state index is 13.2. The van der Waals surface area contributed by atoms with Gasteiger partial charge in [-0.3, -0.25) is 4.68 Å². The summed E-state index contributed by atoms with van der Waals surface area (Å²) in [5, 5.41) is 4.63. The van der Waals surface area contributed by atoms with Gasteiger partial charge in [-0.2, -0.15) is 5.10 Å². The van der Waals surface area contributed by atoms with Crippen LogP contribution in [0.2, 0.25) is 0 Å². The lowest BCUT2D eigenvalue weighted by molar-refractivity contribution is 0.330. The third kappa shape index (κ3) is 2.59. The van der Waals surface area contributed by atoms with Crippen LogP contribution < -0.4 is 5.73 Å². The summed E-state index contributed by atoms with van der Waals surface area (Å²) in [6.45, 7) is 0. The molecule has 3 rings (SSSR count). The van der Waals surface area contributed by atoms with Crippen LogP contribution in [0.15, 0.2) is 28.9 Å². The summed E-state index contributed by atoms with van der Waals surface area (Å²) < 4.78 is 15.8. The summed E-state index contributed by atoms with van der Waals surface area (Å²) in [4.78, 5) is 0. The molecule has 1 aliphatic rings. The number of nitrogen functional groups attached to an aromatic ring is 1. The van der Waals surface area contributed by atoms with Gasteiger partial charge in [-0.1, -0.05) is 19.3 Å². The van der Waals surface area contributed by atoms with Crippen LogP contribution in [0.1, 0.15) is 38.1 Å². The minimum Gasteiger partial charge on any atom is -0.396 e. The Labute approximate surface area is 126 Å². The van der Waals surface area contributed by atoms with Gasteiger partial charge in [0.1, 0.15) is 11.5 Å². The molecule has 0 aliphatic heterocycles. The van der Waals surface area contributed by atoms with Crippen molar-refractivity contribution in [1.29, 1.82) is 0 Å². The Hall–Kier alpha value is -1.36. The predicted molar refractivity (Wildman–Crippen MR) is 81.9 cm³/mol. The Balaban J connectivity index is 1.95. The highest BCUT2D eigenvalue weighted by Gasteiger charge is 2.19. The van der Waals surface area contributed by atoms with Gasteiger partial charge in [0.25, 0.3) is 0 Å². The Bertz CT molecular complexity index is 618. The Morgan fingerprint density at radius 2 is 2.00 bits per heavy atom. The lowest BCUT2D eigenvalue weighted by atomic mass is 9.96. The van der Waals surface area contributed by atoms with Crippen molar-refractivity contribution in [3.05, 3.63) is 34.7 Å². The van der Waals surface area contributed by atoms with E-state index in [0.29, 0.717) is 16.2 Å². The van der Waals surface area contributed by atoms with Crippen molar-refractivity contribution in [1.82, 2.24) is 9.78 Å². The molecule has 1 aromatic heterocycles. The van der Waals surface area contributed by atoms with E-state index in [1.54, 1.807) is 6.07 Å². The van der Waals surface area contributed by atoms with Crippen molar-refractivity contribution in [2.75, 3.05) is 5.73 Å². The first kappa shape index (κ1) is 13.6. The zero-order chi connectivity index (χ0) is 14.1. The number of benzene rings is 1. The largest absolute Gasteiger partial charge is 0.396 e. The molecule has 20 heavy (non-hydrogen) atoms. The van der Waals surface area contributed by atoms with Crippen molar-refractivity contribution in [3.8, 4) is 11.3 Å². The average Bonchev–Trinajstić information content (AvgIpc) is 2.82. The fraction of sp³-hybridized carbons (Fsp3) is 0.400. The molecule has 1 aromatic carbocycles. The van der Waals surface area contributed by atoms with E-state index >= 15 is 0 Å². The molecular weight excluding hydrogens is 321 g/mol. The van der Waals surface area contributed by atoms with Gasteiger partial charge in [0.05, 0.1) is 11.7 Å². The number of nitrogens with two attached hydrogens (primary N) is 1. The molecule has 0 bridgehead atoms. The molecule has 3 nitrogen and oxygen atoms in total. The molecule has 0 spiro atoms. The number of halogens is 2. The molecule has 0 unspecified atom stereocenters. The highest BCUT2D eigenvalue weighted by Crippen LogP contribution is 2.34. The van der Waals surface area contributed by atoms with Crippen molar-refractivity contribution in [2.45, 2.75) is 38.1 Å². The van der Waals surface area contributed by atoms with Gasteiger partial charge in [-0.15, -0.1) is 0 Å². The molecule has 2 aromatic rings. The van der Waals surface area contributed by atoms with Crippen molar-refractivity contribution in [3.63, 3.8) is 0 Å². The minimum absolute atomic E-state index is 0.272. The summed E-state index contributed by atoms with van der Waals surface area (Å²) in [6, 6.07) is 5.02. The molecule has 1 heterocycles. The van der Waals surface area contributed by atoms with Crippen LogP contribution in [0.5, 0.6) is 0 Å². The second kappa shape index (κ2) is 5.56. The second-order valence-corrected chi connectivity index (χ2v) is 6.18. The molecule has 1 saturated carbocycles. The van der Waals surface area contributed by atoms with Crippen LogP contribution in [0.25, 0.3) is 11.3 Å². The maximum Gasteiger partial charge on any atom is 0.124 e. The molecule has 106 valence electrons.